The number of nitrogens with one attached hydrogen (secondary N) is 1. The van der Waals surface area contributed by atoms with Crippen molar-refractivity contribution < 1.29 is 9.15 Å². The number of fused-ring (bicyclic) bond motifs is 1. The molecule has 2 heterocycles. The molecule has 0 bridgehead atoms. The molecule has 0 fully saturated rings. The van der Waals surface area contributed by atoms with Gasteiger partial charge in [-0.05, 0) is 25.1 Å². The zero-order valence-electron chi connectivity index (χ0n) is 12.2. The Morgan fingerprint density at radius 1 is 1.24 bits per heavy atom. The molecule has 108 valence electrons. The summed E-state index contributed by atoms with van der Waals surface area (Å²) in [6.07, 6.45) is 1.73. The summed E-state index contributed by atoms with van der Waals surface area (Å²) in [6, 6.07) is 14.1. The van der Waals surface area contributed by atoms with Crippen LogP contribution < -0.4 is 10.1 Å². The Morgan fingerprint density at radius 2 is 2.10 bits per heavy atom. The zero-order chi connectivity index (χ0) is 14.7. The summed E-state index contributed by atoms with van der Waals surface area (Å²) in [5.74, 6) is 1.58. The van der Waals surface area contributed by atoms with E-state index in [0.29, 0.717) is 12.4 Å². The summed E-state index contributed by atoms with van der Waals surface area (Å²) in [5.41, 5.74) is 1.95. The minimum Gasteiger partial charge on any atom is -0.481 e. The maximum absolute atomic E-state index is 5.87. The van der Waals surface area contributed by atoms with Crippen molar-refractivity contribution in [2.24, 2.45) is 0 Å². The van der Waals surface area contributed by atoms with Crippen molar-refractivity contribution in [1.82, 2.24) is 10.3 Å². The predicted octanol–water partition coefficient (Wildman–Crippen LogP) is 3.69. The van der Waals surface area contributed by atoms with Gasteiger partial charge in [-0.2, -0.15) is 0 Å². The molecule has 1 N–H and O–H groups in total. The molecule has 1 unspecified atom stereocenters. The van der Waals surface area contributed by atoms with Gasteiger partial charge >= 0.3 is 0 Å². The lowest BCUT2D eigenvalue weighted by molar-refractivity contribution is 0.386. The Kier molecular flexibility index (Phi) is 3.88. The predicted molar refractivity (Wildman–Crippen MR) is 82.3 cm³/mol. The van der Waals surface area contributed by atoms with E-state index >= 15 is 0 Å². The Bertz CT molecular complexity index is 703. The first-order chi connectivity index (χ1) is 10.3. The molecule has 2 aromatic heterocycles. The molecule has 4 nitrogen and oxygen atoms in total. The van der Waals surface area contributed by atoms with Crippen molar-refractivity contribution >= 4 is 11.0 Å². The second-order valence-electron chi connectivity index (χ2n) is 4.96. The standard InChI is InChI=1S/C17H18N2O2/c1-12(16-10-13-6-3-4-8-15(13)21-16)19-11-14-7-5-9-18-17(14)20-2/h3-10,12,19H,11H2,1-2H3. The Hall–Kier alpha value is -2.33. The molecular weight excluding hydrogens is 264 g/mol. The summed E-state index contributed by atoms with van der Waals surface area (Å²) < 4.78 is 11.1. The quantitative estimate of drug-likeness (QED) is 0.775. The fourth-order valence-electron chi connectivity index (χ4n) is 2.32. The number of pyridine rings is 1. The van der Waals surface area contributed by atoms with Crippen molar-refractivity contribution in [2.75, 3.05) is 7.11 Å². The van der Waals surface area contributed by atoms with Gasteiger partial charge in [0.25, 0.3) is 0 Å². The fraction of sp³-hybridized carbons (Fsp3) is 0.235. The maximum Gasteiger partial charge on any atom is 0.217 e. The summed E-state index contributed by atoms with van der Waals surface area (Å²) in [7, 11) is 1.63. The number of rotatable bonds is 5. The van der Waals surface area contributed by atoms with Gasteiger partial charge in [-0.25, -0.2) is 4.98 Å². The van der Waals surface area contributed by atoms with E-state index in [-0.39, 0.29) is 6.04 Å². The molecule has 0 aliphatic rings. The summed E-state index contributed by atoms with van der Waals surface area (Å²) in [5, 5.41) is 4.56. The van der Waals surface area contributed by atoms with E-state index in [4.69, 9.17) is 9.15 Å². The van der Waals surface area contributed by atoms with Crippen molar-refractivity contribution in [3.63, 3.8) is 0 Å². The molecule has 21 heavy (non-hydrogen) atoms. The maximum atomic E-state index is 5.87. The fourth-order valence-corrected chi connectivity index (χ4v) is 2.32. The highest BCUT2D eigenvalue weighted by Gasteiger charge is 2.12. The topological polar surface area (TPSA) is 47.3 Å². The summed E-state index contributed by atoms with van der Waals surface area (Å²) in [4.78, 5) is 4.20. The van der Waals surface area contributed by atoms with E-state index in [2.05, 4.69) is 29.4 Å². The molecule has 0 saturated carbocycles. The lowest BCUT2D eigenvalue weighted by Gasteiger charge is -2.12. The van der Waals surface area contributed by atoms with Gasteiger partial charge < -0.3 is 14.5 Å². The zero-order valence-corrected chi connectivity index (χ0v) is 12.2. The third kappa shape index (κ3) is 2.90. The van der Waals surface area contributed by atoms with Crippen LogP contribution in [-0.2, 0) is 6.54 Å². The van der Waals surface area contributed by atoms with E-state index in [0.717, 1.165) is 22.3 Å². The van der Waals surface area contributed by atoms with Gasteiger partial charge in [-0.3, -0.25) is 0 Å². The average Bonchev–Trinajstić information content (AvgIpc) is 2.97. The highest BCUT2D eigenvalue weighted by molar-refractivity contribution is 5.77. The van der Waals surface area contributed by atoms with Crippen molar-refractivity contribution in [3.8, 4) is 5.88 Å². The van der Waals surface area contributed by atoms with Crippen molar-refractivity contribution in [2.45, 2.75) is 19.5 Å². The number of para-hydroxylation sites is 1. The highest BCUT2D eigenvalue weighted by Crippen LogP contribution is 2.24. The minimum atomic E-state index is 0.113. The molecule has 0 amide bonds. The number of methoxy groups -OCH3 is 1. The van der Waals surface area contributed by atoms with Crippen molar-refractivity contribution in [3.05, 3.63) is 60.0 Å². The molecule has 0 radical (unpaired) electrons. The van der Waals surface area contributed by atoms with Crippen LogP contribution in [0.1, 0.15) is 24.3 Å². The monoisotopic (exact) mass is 282 g/mol. The van der Waals surface area contributed by atoms with Crippen LogP contribution in [0, 0.1) is 0 Å². The number of furan rings is 1. The molecule has 4 heteroatoms. The first-order valence-corrected chi connectivity index (χ1v) is 6.97. The number of hydrogen-bond donors (Lipinski definition) is 1. The number of nitrogens with zero attached hydrogens (tertiary/aromatic N) is 1. The molecule has 0 aliphatic heterocycles. The van der Waals surface area contributed by atoms with Crippen LogP contribution in [0.25, 0.3) is 11.0 Å². The van der Waals surface area contributed by atoms with Crippen LogP contribution in [0.5, 0.6) is 5.88 Å². The summed E-state index contributed by atoms with van der Waals surface area (Å²) in [6.45, 7) is 2.76. The second-order valence-corrected chi connectivity index (χ2v) is 4.96. The van der Waals surface area contributed by atoms with E-state index in [9.17, 15) is 0 Å². The minimum absolute atomic E-state index is 0.113. The molecular formula is C17H18N2O2. The molecule has 3 aromatic rings. The number of hydrogen-bond acceptors (Lipinski definition) is 4. The second kappa shape index (κ2) is 5.97. The van der Waals surface area contributed by atoms with Crippen LogP contribution in [0.4, 0.5) is 0 Å². The molecule has 0 spiro atoms. The molecule has 3 rings (SSSR count). The van der Waals surface area contributed by atoms with Crippen LogP contribution in [0.2, 0.25) is 0 Å². The van der Waals surface area contributed by atoms with Gasteiger partial charge in [0.05, 0.1) is 13.2 Å². The molecule has 0 saturated heterocycles. The third-order valence-electron chi connectivity index (χ3n) is 3.51. The largest absolute Gasteiger partial charge is 0.481 e. The third-order valence-corrected chi connectivity index (χ3v) is 3.51. The normalized spacial score (nSPS) is 12.5. The first kappa shape index (κ1) is 13.6. The molecule has 1 aromatic carbocycles. The van der Waals surface area contributed by atoms with Crippen LogP contribution in [0.15, 0.2) is 53.1 Å². The van der Waals surface area contributed by atoms with Gasteiger partial charge in [-0.1, -0.05) is 24.3 Å². The van der Waals surface area contributed by atoms with Gasteiger partial charge in [0.15, 0.2) is 0 Å². The van der Waals surface area contributed by atoms with E-state index < -0.39 is 0 Å². The smallest absolute Gasteiger partial charge is 0.217 e. The SMILES string of the molecule is COc1ncccc1CNC(C)c1cc2ccccc2o1. The molecule has 1 atom stereocenters. The molecule has 0 aliphatic carbocycles. The van der Waals surface area contributed by atoms with Crippen molar-refractivity contribution in [1.29, 1.82) is 0 Å². The Labute approximate surface area is 123 Å². The lowest BCUT2D eigenvalue weighted by atomic mass is 10.2. The van der Waals surface area contributed by atoms with Gasteiger partial charge in [0, 0.05) is 23.7 Å². The number of benzene rings is 1. The van der Waals surface area contributed by atoms with E-state index in [1.165, 1.54) is 0 Å². The number of aromatic nitrogens is 1. The Morgan fingerprint density at radius 3 is 2.90 bits per heavy atom. The van der Waals surface area contributed by atoms with Crippen LogP contribution in [0.3, 0.4) is 0 Å². The van der Waals surface area contributed by atoms with Crippen LogP contribution in [-0.4, -0.2) is 12.1 Å². The van der Waals surface area contributed by atoms with E-state index in [1.54, 1.807) is 13.3 Å². The van der Waals surface area contributed by atoms with Gasteiger partial charge in [0.2, 0.25) is 5.88 Å². The van der Waals surface area contributed by atoms with Gasteiger partial charge in [0.1, 0.15) is 11.3 Å². The van der Waals surface area contributed by atoms with E-state index in [1.807, 2.05) is 30.3 Å². The average molecular weight is 282 g/mol. The highest BCUT2D eigenvalue weighted by atomic mass is 16.5. The van der Waals surface area contributed by atoms with Gasteiger partial charge in [-0.15, -0.1) is 0 Å². The summed E-state index contributed by atoms with van der Waals surface area (Å²) >= 11 is 0. The first-order valence-electron chi connectivity index (χ1n) is 6.97. The lowest BCUT2D eigenvalue weighted by Crippen LogP contribution is -2.18. The van der Waals surface area contributed by atoms with Crippen LogP contribution >= 0.6 is 0 Å². The Balaban J connectivity index is 1.72. The number of ether oxygens (including phenoxy) is 1.